The molecule has 4 aliphatic rings. The monoisotopic (exact) mass is 337 g/mol. The number of fused-ring (bicyclic) bond motifs is 2. The molecule has 3 N–H and O–H groups in total. The summed E-state index contributed by atoms with van der Waals surface area (Å²) in [7, 11) is 0. The van der Waals surface area contributed by atoms with Crippen molar-refractivity contribution in [3.63, 3.8) is 0 Å². The van der Waals surface area contributed by atoms with Gasteiger partial charge in [0.1, 0.15) is 12.3 Å². The smallest absolute Gasteiger partial charge is 0.320 e. The predicted octanol–water partition coefficient (Wildman–Crippen LogP) is 2.17. The second-order valence-electron chi connectivity index (χ2n) is 7.24. The van der Waals surface area contributed by atoms with Crippen molar-refractivity contribution in [2.24, 2.45) is 41.2 Å². The maximum Gasteiger partial charge on any atom is 0.320 e. The first-order chi connectivity index (χ1) is 10.6. The van der Waals surface area contributed by atoms with E-state index >= 15 is 0 Å². The standard InChI is InChI=1S/C8H11F2NO2.C7H8F2O/c9-8(10)4-1-3(2-5(4)8)6(11)7(12)13;8-7(9)5-1-4(3-10)2-6(5)7/h3-6H,1-2,11H2,(H,12,13);3-6H,1-2H2. The summed E-state index contributed by atoms with van der Waals surface area (Å²) in [6.07, 6.45) is 2.18. The van der Waals surface area contributed by atoms with Crippen LogP contribution in [0.2, 0.25) is 0 Å². The number of halogens is 4. The number of carbonyl (C=O) groups is 2. The number of carbonyl (C=O) groups excluding carboxylic acids is 1. The van der Waals surface area contributed by atoms with Gasteiger partial charge in [0.15, 0.2) is 0 Å². The van der Waals surface area contributed by atoms with Crippen LogP contribution in [0.3, 0.4) is 0 Å². The van der Waals surface area contributed by atoms with E-state index in [4.69, 9.17) is 10.8 Å². The molecule has 4 fully saturated rings. The number of hydrogen-bond acceptors (Lipinski definition) is 3. The van der Waals surface area contributed by atoms with Gasteiger partial charge in [0.25, 0.3) is 11.8 Å². The van der Waals surface area contributed by atoms with E-state index in [0.717, 1.165) is 6.29 Å². The van der Waals surface area contributed by atoms with Crippen molar-refractivity contribution in [3.8, 4) is 0 Å². The van der Waals surface area contributed by atoms with Gasteiger partial charge in [0, 0.05) is 29.6 Å². The molecule has 4 nitrogen and oxygen atoms in total. The van der Waals surface area contributed by atoms with Gasteiger partial charge in [-0.2, -0.15) is 0 Å². The first-order valence-corrected chi connectivity index (χ1v) is 7.80. The zero-order valence-electron chi connectivity index (χ0n) is 12.3. The minimum absolute atomic E-state index is 0.0744. The zero-order valence-corrected chi connectivity index (χ0v) is 12.3. The van der Waals surface area contributed by atoms with E-state index in [1.165, 1.54) is 0 Å². The van der Waals surface area contributed by atoms with E-state index in [0.29, 0.717) is 12.8 Å². The lowest BCUT2D eigenvalue weighted by atomic mass is 9.95. The predicted molar refractivity (Wildman–Crippen MR) is 71.0 cm³/mol. The molecule has 0 spiro atoms. The average molecular weight is 337 g/mol. The molecular weight excluding hydrogens is 318 g/mol. The molecule has 23 heavy (non-hydrogen) atoms. The van der Waals surface area contributed by atoms with E-state index in [1.807, 2.05) is 0 Å². The molecule has 8 heteroatoms. The topological polar surface area (TPSA) is 80.4 Å². The van der Waals surface area contributed by atoms with E-state index in [2.05, 4.69) is 0 Å². The Bertz CT molecular complexity index is 499. The molecule has 4 rings (SSSR count). The number of nitrogens with two attached hydrogens (primary N) is 1. The van der Waals surface area contributed by atoms with Crippen LogP contribution in [-0.2, 0) is 9.59 Å². The molecule has 0 aromatic heterocycles. The van der Waals surface area contributed by atoms with Gasteiger partial charge in [0.05, 0.1) is 0 Å². The Morgan fingerprint density at radius 1 is 1.00 bits per heavy atom. The van der Waals surface area contributed by atoms with Crippen molar-refractivity contribution in [3.05, 3.63) is 0 Å². The quantitative estimate of drug-likeness (QED) is 0.611. The Morgan fingerprint density at radius 3 is 1.74 bits per heavy atom. The van der Waals surface area contributed by atoms with Crippen molar-refractivity contribution in [2.45, 2.75) is 43.6 Å². The number of hydrogen-bond donors (Lipinski definition) is 2. The molecule has 4 saturated carbocycles. The highest BCUT2D eigenvalue weighted by Crippen LogP contribution is 2.66. The van der Waals surface area contributed by atoms with Crippen LogP contribution >= 0.6 is 0 Å². The summed E-state index contributed by atoms with van der Waals surface area (Å²) in [6.45, 7) is 0. The molecule has 0 aromatic rings. The minimum atomic E-state index is -2.53. The third kappa shape index (κ3) is 2.64. The molecule has 5 atom stereocenters. The Labute approximate surface area is 130 Å². The summed E-state index contributed by atoms with van der Waals surface area (Å²) >= 11 is 0. The molecule has 0 heterocycles. The molecule has 0 aliphatic heterocycles. The van der Waals surface area contributed by atoms with Crippen LogP contribution in [0.1, 0.15) is 25.7 Å². The van der Waals surface area contributed by atoms with E-state index in [-0.39, 0.29) is 24.7 Å². The van der Waals surface area contributed by atoms with E-state index < -0.39 is 47.5 Å². The van der Waals surface area contributed by atoms with Gasteiger partial charge in [0.2, 0.25) is 0 Å². The maximum absolute atomic E-state index is 12.7. The Kier molecular flexibility index (Phi) is 3.74. The molecule has 0 aromatic carbocycles. The van der Waals surface area contributed by atoms with Gasteiger partial charge in [-0.1, -0.05) is 0 Å². The molecule has 4 aliphatic carbocycles. The number of aldehydes is 1. The minimum Gasteiger partial charge on any atom is -0.480 e. The highest BCUT2D eigenvalue weighted by atomic mass is 19.3. The lowest BCUT2D eigenvalue weighted by Gasteiger charge is -2.17. The second-order valence-corrected chi connectivity index (χ2v) is 7.24. The van der Waals surface area contributed by atoms with Crippen LogP contribution in [0.15, 0.2) is 0 Å². The molecule has 0 radical (unpaired) electrons. The Morgan fingerprint density at radius 2 is 1.39 bits per heavy atom. The van der Waals surface area contributed by atoms with Crippen LogP contribution in [-0.4, -0.2) is 35.2 Å². The summed E-state index contributed by atoms with van der Waals surface area (Å²) < 4.78 is 50.3. The first-order valence-electron chi connectivity index (χ1n) is 7.80. The zero-order chi connectivity index (χ0) is 17.2. The normalized spacial score (nSPS) is 45.1. The number of alkyl halides is 4. The van der Waals surface area contributed by atoms with Gasteiger partial charge in [-0.15, -0.1) is 0 Å². The van der Waals surface area contributed by atoms with Crippen LogP contribution in [0, 0.1) is 35.5 Å². The number of aliphatic carboxylic acids is 1. The van der Waals surface area contributed by atoms with Crippen LogP contribution in [0.5, 0.6) is 0 Å². The first kappa shape index (κ1) is 16.7. The maximum atomic E-state index is 12.7. The summed E-state index contributed by atoms with van der Waals surface area (Å²) in [4.78, 5) is 20.6. The highest BCUT2D eigenvalue weighted by Gasteiger charge is 2.72. The van der Waals surface area contributed by atoms with Gasteiger partial charge < -0.3 is 15.6 Å². The fraction of sp³-hybridized carbons (Fsp3) is 0.867. The molecule has 130 valence electrons. The summed E-state index contributed by atoms with van der Waals surface area (Å²) in [6, 6.07) is -0.969. The van der Waals surface area contributed by atoms with Crippen LogP contribution < -0.4 is 5.73 Å². The third-order valence-corrected chi connectivity index (χ3v) is 5.94. The van der Waals surface area contributed by atoms with E-state index in [1.54, 1.807) is 0 Å². The largest absolute Gasteiger partial charge is 0.480 e. The molecule has 0 saturated heterocycles. The average Bonchev–Trinajstić information content (AvgIpc) is 3.06. The highest BCUT2D eigenvalue weighted by molar-refractivity contribution is 5.73. The Balaban J connectivity index is 0.000000140. The Hall–Kier alpha value is -1.18. The number of rotatable bonds is 3. The molecular formula is C15H19F4NO3. The fourth-order valence-corrected chi connectivity index (χ4v) is 4.31. The van der Waals surface area contributed by atoms with Crippen molar-refractivity contribution < 1.29 is 32.3 Å². The summed E-state index contributed by atoms with van der Waals surface area (Å²) in [5.41, 5.74) is 5.35. The van der Waals surface area contributed by atoms with Gasteiger partial charge >= 0.3 is 5.97 Å². The van der Waals surface area contributed by atoms with Crippen LogP contribution in [0.25, 0.3) is 0 Å². The third-order valence-electron chi connectivity index (χ3n) is 5.94. The summed E-state index contributed by atoms with van der Waals surface area (Å²) in [5, 5.41) is 8.56. The van der Waals surface area contributed by atoms with Crippen molar-refractivity contribution in [1.29, 1.82) is 0 Å². The van der Waals surface area contributed by atoms with Gasteiger partial charge in [-0.05, 0) is 31.6 Å². The molecule has 5 unspecified atom stereocenters. The second kappa shape index (κ2) is 5.16. The molecule has 0 amide bonds. The molecule has 0 bridgehead atoms. The lowest BCUT2D eigenvalue weighted by molar-refractivity contribution is -0.140. The van der Waals surface area contributed by atoms with Crippen molar-refractivity contribution in [1.82, 2.24) is 0 Å². The van der Waals surface area contributed by atoms with Gasteiger partial charge in [-0.3, -0.25) is 4.79 Å². The fourth-order valence-electron chi connectivity index (χ4n) is 4.31. The lowest BCUT2D eigenvalue weighted by Crippen LogP contribution is -2.38. The number of carboxylic acid groups (broad SMARTS) is 1. The van der Waals surface area contributed by atoms with Crippen molar-refractivity contribution >= 4 is 12.3 Å². The van der Waals surface area contributed by atoms with Gasteiger partial charge in [-0.25, -0.2) is 17.6 Å². The van der Waals surface area contributed by atoms with Crippen LogP contribution in [0.4, 0.5) is 17.6 Å². The van der Waals surface area contributed by atoms with E-state index in [9.17, 15) is 27.2 Å². The van der Waals surface area contributed by atoms with Crippen molar-refractivity contribution in [2.75, 3.05) is 0 Å². The SMILES string of the molecule is NC(C(=O)O)C1CC2C(C1)C2(F)F.O=CC1CC2C(C1)C2(F)F. The number of carboxylic acids is 1. The summed E-state index contributed by atoms with van der Waals surface area (Å²) in [5.74, 6) is -8.47.